The van der Waals surface area contributed by atoms with Crippen LogP contribution in [0.4, 0.5) is 11.6 Å². The minimum absolute atomic E-state index is 0.534. The van der Waals surface area contributed by atoms with Gasteiger partial charge < -0.3 is 15.0 Å². The normalized spacial score (nSPS) is 14.4. The van der Waals surface area contributed by atoms with E-state index in [1.807, 2.05) is 48.7 Å². The number of hydrogen-bond donors (Lipinski definition) is 2. The van der Waals surface area contributed by atoms with Gasteiger partial charge in [0.05, 0.1) is 14.9 Å². The van der Waals surface area contributed by atoms with Gasteiger partial charge in [-0.05, 0) is 68.4 Å². The summed E-state index contributed by atoms with van der Waals surface area (Å²) in [6.07, 6.45) is 4.48. The molecule has 154 valence electrons. The molecule has 1 fully saturated rings. The zero-order chi connectivity index (χ0) is 20.3. The molecule has 1 aliphatic rings. The first-order valence-corrected chi connectivity index (χ1v) is 11.3. The van der Waals surface area contributed by atoms with E-state index in [4.69, 9.17) is 21.3 Å². The Morgan fingerprint density at radius 2 is 1.90 bits per heavy atom. The Bertz CT molecular complexity index is 1130. The van der Waals surface area contributed by atoms with Crippen molar-refractivity contribution in [3.05, 3.63) is 53.0 Å². The summed E-state index contributed by atoms with van der Waals surface area (Å²) in [6, 6.07) is 13.8. The molecule has 0 aliphatic carbocycles. The van der Waals surface area contributed by atoms with E-state index in [0.717, 1.165) is 43.9 Å². The standard InChI is InChI=1S/C22H22ClN5OS/c23-19-8-7-18(30-19)20-17-9-10-24-21(17)27-22(26-20)25-15-3-5-16(6-4-15)29-14-13-28-11-1-2-12-28/h3-10H,1-2,11-14H2,(H2,24,25,26,27). The molecular formula is C22H22ClN5OS. The van der Waals surface area contributed by atoms with E-state index in [9.17, 15) is 0 Å². The fraction of sp³-hybridized carbons (Fsp3) is 0.273. The number of benzene rings is 1. The van der Waals surface area contributed by atoms with E-state index < -0.39 is 0 Å². The lowest BCUT2D eigenvalue weighted by atomic mass is 10.2. The monoisotopic (exact) mass is 439 g/mol. The van der Waals surface area contributed by atoms with Gasteiger partial charge >= 0.3 is 0 Å². The van der Waals surface area contributed by atoms with Crippen molar-refractivity contribution in [2.24, 2.45) is 0 Å². The number of H-pyrrole nitrogens is 1. The summed E-state index contributed by atoms with van der Waals surface area (Å²) in [5.74, 6) is 1.40. The van der Waals surface area contributed by atoms with Crippen LogP contribution in [0.15, 0.2) is 48.7 Å². The smallest absolute Gasteiger partial charge is 0.229 e. The van der Waals surface area contributed by atoms with Gasteiger partial charge in [-0.25, -0.2) is 4.98 Å². The van der Waals surface area contributed by atoms with Crippen LogP contribution in [0.5, 0.6) is 5.75 Å². The number of nitrogens with one attached hydrogen (secondary N) is 2. The van der Waals surface area contributed by atoms with Gasteiger partial charge in [0.25, 0.3) is 0 Å². The zero-order valence-electron chi connectivity index (χ0n) is 16.4. The number of aromatic nitrogens is 3. The lowest BCUT2D eigenvalue weighted by Gasteiger charge is -2.15. The molecule has 4 heterocycles. The number of anilines is 2. The quantitative estimate of drug-likeness (QED) is 0.394. The average Bonchev–Trinajstić information content (AvgIpc) is 3.51. The molecule has 0 radical (unpaired) electrons. The molecule has 5 rings (SSSR count). The molecule has 0 amide bonds. The van der Waals surface area contributed by atoms with Crippen molar-refractivity contribution in [2.75, 3.05) is 31.6 Å². The second kappa shape index (κ2) is 8.63. The minimum Gasteiger partial charge on any atom is -0.492 e. The van der Waals surface area contributed by atoms with Gasteiger partial charge in [-0.1, -0.05) is 11.6 Å². The van der Waals surface area contributed by atoms with Gasteiger partial charge in [0.1, 0.15) is 18.0 Å². The first kappa shape index (κ1) is 19.4. The van der Waals surface area contributed by atoms with Crippen molar-refractivity contribution in [3.8, 4) is 16.3 Å². The second-order valence-electron chi connectivity index (χ2n) is 7.29. The number of fused-ring (bicyclic) bond motifs is 1. The van der Waals surface area contributed by atoms with Crippen molar-refractivity contribution in [2.45, 2.75) is 12.8 Å². The van der Waals surface area contributed by atoms with E-state index in [-0.39, 0.29) is 0 Å². The highest BCUT2D eigenvalue weighted by Crippen LogP contribution is 2.34. The van der Waals surface area contributed by atoms with Gasteiger partial charge in [-0.2, -0.15) is 4.98 Å². The Morgan fingerprint density at radius 3 is 2.67 bits per heavy atom. The topological polar surface area (TPSA) is 66.1 Å². The third-order valence-corrected chi connectivity index (χ3v) is 6.45. The number of aromatic amines is 1. The molecule has 1 aromatic carbocycles. The number of rotatable bonds is 7. The number of halogens is 1. The van der Waals surface area contributed by atoms with E-state index >= 15 is 0 Å². The molecule has 2 N–H and O–H groups in total. The van der Waals surface area contributed by atoms with Gasteiger partial charge in [0.2, 0.25) is 5.95 Å². The van der Waals surface area contributed by atoms with Crippen LogP contribution in [0.1, 0.15) is 12.8 Å². The number of ether oxygens (including phenoxy) is 1. The van der Waals surface area contributed by atoms with Gasteiger partial charge in [0.15, 0.2) is 0 Å². The third kappa shape index (κ3) is 4.28. The summed E-state index contributed by atoms with van der Waals surface area (Å²) in [5.41, 5.74) is 2.55. The van der Waals surface area contributed by atoms with E-state index in [1.165, 1.54) is 37.3 Å². The highest BCUT2D eigenvalue weighted by molar-refractivity contribution is 7.19. The van der Waals surface area contributed by atoms with Crippen LogP contribution in [0.3, 0.4) is 0 Å². The van der Waals surface area contributed by atoms with Gasteiger partial charge in [-0.3, -0.25) is 4.90 Å². The van der Waals surface area contributed by atoms with Crippen LogP contribution < -0.4 is 10.1 Å². The van der Waals surface area contributed by atoms with Crippen LogP contribution in [-0.2, 0) is 0 Å². The molecule has 6 nitrogen and oxygen atoms in total. The fourth-order valence-electron chi connectivity index (χ4n) is 3.69. The van der Waals surface area contributed by atoms with Crippen molar-refractivity contribution >= 4 is 45.6 Å². The molecule has 0 atom stereocenters. The molecule has 8 heteroatoms. The van der Waals surface area contributed by atoms with Crippen LogP contribution in [-0.4, -0.2) is 46.1 Å². The molecule has 3 aromatic heterocycles. The Balaban J connectivity index is 1.29. The molecular weight excluding hydrogens is 418 g/mol. The second-order valence-corrected chi connectivity index (χ2v) is 9.00. The van der Waals surface area contributed by atoms with Gasteiger partial charge in [0, 0.05) is 23.8 Å². The molecule has 0 unspecified atom stereocenters. The largest absolute Gasteiger partial charge is 0.492 e. The highest BCUT2D eigenvalue weighted by atomic mass is 35.5. The molecule has 0 saturated carbocycles. The van der Waals surface area contributed by atoms with Crippen LogP contribution in [0.2, 0.25) is 4.34 Å². The first-order chi connectivity index (χ1) is 14.7. The summed E-state index contributed by atoms with van der Waals surface area (Å²) < 4.78 is 6.62. The summed E-state index contributed by atoms with van der Waals surface area (Å²) >= 11 is 7.64. The maximum Gasteiger partial charge on any atom is 0.229 e. The number of hydrogen-bond acceptors (Lipinski definition) is 6. The summed E-state index contributed by atoms with van der Waals surface area (Å²) in [6.45, 7) is 4.08. The fourth-order valence-corrected chi connectivity index (χ4v) is 4.74. The van der Waals surface area contributed by atoms with E-state index in [1.54, 1.807) is 0 Å². The minimum atomic E-state index is 0.534. The third-order valence-electron chi connectivity index (χ3n) is 5.21. The Kier molecular flexibility index (Phi) is 5.57. The molecule has 1 saturated heterocycles. The highest BCUT2D eigenvalue weighted by Gasteiger charge is 2.13. The van der Waals surface area contributed by atoms with Crippen molar-refractivity contribution < 1.29 is 4.74 Å². The van der Waals surface area contributed by atoms with E-state index in [2.05, 4.69) is 20.2 Å². The first-order valence-electron chi connectivity index (χ1n) is 10.1. The maximum absolute atomic E-state index is 6.13. The lowest BCUT2D eigenvalue weighted by molar-refractivity contribution is 0.238. The molecule has 30 heavy (non-hydrogen) atoms. The summed E-state index contributed by atoms with van der Waals surface area (Å²) in [5, 5.41) is 4.27. The SMILES string of the molecule is Clc1ccc(-c2nc(Nc3ccc(OCCN4CCCC4)cc3)nc3[nH]ccc23)s1. The predicted octanol–water partition coefficient (Wildman–Crippen LogP) is 5.56. The molecule has 0 bridgehead atoms. The number of nitrogens with zero attached hydrogens (tertiary/aromatic N) is 3. The van der Waals surface area contributed by atoms with Crippen molar-refractivity contribution in [1.29, 1.82) is 0 Å². The molecule has 1 aliphatic heterocycles. The van der Waals surface area contributed by atoms with Crippen LogP contribution in [0, 0.1) is 0 Å². The van der Waals surface area contributed by atoms with E-state index in [0.29, 0.717) is 12.6 Å². The van der Waals surface area contributed by atoms with Crippen LogP contribution >= 0.6 is 22.9 Å². The zero-order valence-corrected chi connectivity index (χ0v) is 18.0. The predicted molar refractivity (Wildman–Crippen MR) is 123 cm³/mol. The molecule has 4 aromatic rings. The summed E-state index contributed by atoms with van der Waals surface area (Å²) in [7, 11) is 0. The lowest BCUT2D eigenvalue weighted by Crippen LogP contribution is -2.25. The van der Waals surface area contributed by atoms with Gasteiger partial charge in [-0.15, -0.1) is 11.3 Å². The maximum atomic E-state index is 6.13. The number of thiophene rings is 1. The Hall–Kier alpha value is -2.61. The van der Waals surface area contributed by atoms with Crippen molar-refractivity contribution in [1.82, 2.24) is 19.9 Å². The Morgan fingerprint density at radius 1 is 1.07 bits per heavy atom. The average molecular weight is 440 g/mol. The van der Waals surface area contributed by atoms with Crippen LogP contribution in [0.25, 0.3) is 21.6 Å². The summed E-state index contributed by atoms with van der Waals surface area (Å²) in [4.78, 5) is 16.0. The molecule has 0 spiro atoms. The van der Waals surface area contributed by atoms with Crippen molar-refractivity contribution in [3.63, 3.8) is 0 Å². The number of likely N-dealkylation sites (tertiary alicyclic amines) is 1. The Labute approximate surface area is 183 Å².